The second-order valence-corrected chi connectivity index (χ2v) is 8.31. The predicted octanol–water partition coefficient (Wildman–Crippen LogP) is 5.02. The smallest absolute Gasteiger partial charge is 0.228 e. The van der Waals surface area contributed by atoms with Crippen molar-refractivity contribution in [2.75, 3.05) is 11.9 Å². The molecule has 0 radical (unpaired) electrons. The molecule has 1 aromatic carbocycles. The fourth-order valence-corrected chi connectivity index (χ4v) is 3.94. The van der Waals surface area contributed by atoms with Crippen LogP contribution in [0, 0.1) is 12.8 Å². The average molecular weight is 411 g/mol. The largest absolute Gasteiger partial charge is 0.387 e. The van der Waals surface area contributed by atoms with Gasteiger partial charge >= 0.3 is 0 Å². The third-order valence-electron chi connectivity index (χ3n) is 5.99. The monoisotopic (exact) mass is 410 g/mol. The number of rotatable bonds is 5. The molecule has 3 aromatic rings. The van der Waals surface area contributed by atoms with E-state index in [9.17, 15) is 4.79 Å². The molecule has 1 saturated carbocycles. The van der Waals surface area contributed by atoms with E-state index in [2.05, 4.69) is 59.8 Å². The van der Waals surface area contributed by atoms with Gasteiger partial charge in [0.1, 0.15) is 5.82 Å². The molecule has 3 heterocycles. The fraction of sp³-hybridized carbons (Fsp3) is 0.269. The number of anilines is 1. The summed E-state index contributed by atoms with van der Waals surface area (Å²) >= 11 is 0. The van der Waals surface area contributed by atoms with E-state index in [1.165, 1.54) is 11.1 Å². The number of aromatic nitrogens is 2. The van der Waals surface area contributed by atoms with Crippen molar-refractivity contribution in [1.82, 2.24) is 15.3 Å². The van der Waals surface area contributed by atoms with Crippen molar-refractivity contribution in [2.45, 2.75) is 33.1 Å². The minimum atomic E-state index is 0.0611. The van der Waals surface area contributed by atoms with Crippen LogP contribution < -0.4 is 10.6 Å². The molecule has 0 spiro atoms. The maximum atomic E-state index is 12.2. The van der Waals surface area contributed by atoms with Gasteiger partial charge in [0.2, 0.25) is 5.91 Å². The Morgan fingerprint density at radius 2 is 2.10 bits per heavy atom. The third-order valence-corrected chi connectivity index (χ3v) is 5.99. The van der Waals surface area contributed by atoms with Crippen LogP contribution in [0.4, 0.5) is 5.82 Å². The number of carbonyl (C=O) groups is 1. The topological polar surface area (TPSA) is 66.9 Å². The lowest BCUT2D eigenvalue weighted by Gasteiger charge is -2.15. The Morgan fingerprint density at radius 1 is 1.23 bits per heavy atom. The summed E-state index contributed by atoms with van der Waals surface area (Å²) in [4.78, 5) is 21.9. The summed E-state index contributed by atoms with van der Waals surface area (Å²) in [6.45, 7) is 5.05. The van der Waals surface area contributed by atoms with Gasteiger partial charge in [-0.2, -0.15) is 0 Å². The van der Waals surface area contributed by atoms with Gasteiger partial charge in [-0.15, -0.1) is 0 Å². The van der Waals surface area contributed by atoms with E-state index >= 15 is 0 Å². The van der Waals surface area contributed by atoms with Gasteiger partial charge in [0.15, 0.2) is 0 Å². The summed E-state index contributed by atoms with van der Waals surface area (Å²) in [5.41, 5.74) is 6.57. The maximum absolute atomic E-state index is 12.2. The molecule has 2 N–H and O–H groups in total. The minimum Gasteiger partial charge on any atom is -0.387 e. The maximum Gasteiger partial charge on any atom is 0.228 e. The molecule has 2 aliphatic rings. The summed E-state index contributed by atoms with van der Waals surface area (Å²) in [6.07, 6.45) is 10.9. The first-order valence-corrected chi connectivity index (χ1v) is 10.9. The molecule has 0 unspecified atom stereocenters. The van der Waals surface area contributed by atoms with Crippen molar-refractivity contribution >= 4 is 28.1 Å². The first-order chi connectivity index (χ1) is 15.1. The van der Waals surface area contributed by atoms with Crippen LogP contribution in [0.3, 0.4) is 0 Å². The van der Waals surface area contributed by atoms with Crippen molar-refractivity contribution in [3.8, 4) is 11.3 Å². The predicted molar refractivity (Wildman–Crippen MR) is 126 cm³/mol. The van der Waals surface area contributed by atoms with Gasteiger partial charge < -0.3 is 10.6 Å². The van der Waals surface area contributed by atoms with Crippen molar-refractivity contribution in [3.05, 3.63) is 71.7 Å². The van der Waals surface area contributed by atoms with E-state index in [0.717, 1.165) is 59.1 Å². The molecule has 156 valence electrons. The Balaban J connectivity index is 1.66. The van der Waals surface area contributed by atoms with E-state index in [4.69, 9.17) is 4.98 Å². The molecule has 5 nitrogen and oxygen atoms in total. The molecule has 2 aromatic heterocycles. The number of carbonyl (C=O) groups excluding carboxylic acids is 1. The van der Waals surface area contributed by atoms with E-state index in [1.807, 2.05) is 24.5 Å². The average Bonchev–Trinajstić information content (AvgIpc) is 3.65. The standard InChI is InChI=1S/C26H26N4O/c1-3-17-5-4-16(2)21(12-17)23-13-20-15-28-24(30-26(31)19-6-7-19)14-22(20)25(29-23)18-8-10-27-11-9-18/h4-5,8-10,12-15,19,27H,3,6-7,11H2,1-2H3,(H,28,30,31). The van der Waals surface area contributed by atoms with E-state index in [1.54, 1.807) is 0 Å². The summed E-state index contributed by atoms with van der Waals surface area (Å²) in [5, 5.41) is 8.18. The van der Waals surface area contributed by atoms with Crippen molar-refractivity contribution < 1.29 is 4.79 Å². The highest BCUT2D eigenvalue weighted by Gasteiger charge is 2.29. The van der Waals surface area contributed by atoms with Gasteiger partial charge in [-0.3, -0.25) is 4.79 Å². The van der Waals surface area contributed by atoms with Gasteiger partial charge in [0.25, 0.3) is 0 Å². The van der Waals surface area contributed by atoms with Crippen molar-refractivity contribution in [3.63, 3.8) is 0 Å². The van der Waals surface area contributed by atoms with Crippen LogP contribution in [0.2, 0.25) is 0 Å². The van der Waals surface area contributed by atoms with Gasteiger partial charge in [-0.1, -0.05) is 25.1 Å². The molecular weight excluding hydrogens is 384 g/mol. The molecule has 31 heavy (non-hydrogen) atoms. The van der Waals surface area contributed by atoms with E-state index in [0.29, 0.717) is 5.82 Å². The van der Waals surface area contributed by atoms with E-state index < -0.39 is 0 Å². The summed E-state index contributed by atoms with van der Waals surface area (Å²) < 4.78 is 0. The minimum absolute atomic E-state index is 0.0611. The number of nitrogens with zero attached hydrogens (tertiary/aromatic N) is 2. The van der Waals surface area contributed by atoms with Crippen LogP contribution in [0.15, 0.2) is 54.9 Å². The Morgan fingerprint density at radius 3 is 2.84 bits per heavy atom. The highest BCUT2D eigenvalue weighted by molar-refractivity contribution is 6.00. The van der Waals surface area contributed by atoms with Crippen molar-refractivity contribution in [1.29, 1.82) is 0 Å². The number of hydrogen-bond donors (Lipinski definition) is 2. The zero-order valence-corrected chi connectivity index (χ0v) is 17.9. The molecule has 0 bridgehead atoms. The molecule has 1 aliphatic carbocycles. The lowest BCUT2D eigenvalue weighted by atomic mass is 9.97. The number of amides is 1. The first kappa shape index (κ1) is 19.5. The zero-order valence-electron chi connectivity index (χ0n) is 17.9. The normalized spacial score (nSPS) is 15.5. The van der Waals surface area contributed by atoms with Crippen LogP contribution in [0.1, 0.15) is 36.6 Å². The van der Waals surface area contributed by atoms with Gasteiger partial charge in [0.05, 0.1) is 11.4 Å². The first-order valence-electron chi connectivity index (χ1n) is 10.9. The highest BCUT2D eigenvalue weighted by atomic mass is 16.2. The number of nitrogens with one attached hydrogen (secondary N) is 2. The Bertz CT molecular complexity index is 1240. The number of benzene rings is 1. The molecular formula is C26H26N4O. The Labute approximate surface area is 182 Å². The summed E-state index contributed by atoms with van der Waals surface area (Å²) in [5.74, 6) is 0.787. The second-order valence-electron chi connectivity index (χ2n) is 8.31. The molecule has 1 aliphatic heterocycles. The van der Waals surface area contributed by atoms with Crippen LogP contribution in [-0.2, 0) is 11.2 Å². The van der Waals surface area contributed by atoms with Crippen molar-refractivity contribution in [2.24, 2.45) is 5.92 Å². The zero-order chi connectivity index (χ0) is 21.4. The summed E-state index contributed by atoms with van der Waals surface area (Å²) in [7, 11) is 0. The van der Waals surface area contributed by atoms with Crippen LogP contribution in [-0.4, -0.2) is 22.4 Å². The second kappa shape index (κ2) is 7.99. The van der Waals surface area contributed by atoms with Crippen LogP contribution in [0.5, 0.6) is 0 Å². The molecule has 1 fully saturated rings. The quantitative estimate of drug-likeness (QED) is 0.620. The lowest BCUT2D eigenvalue weighted by Crippen LogP contribution is -2.14. The van der Waals surface area contributed by atoms with Crippen LogP contribution in [0.25, 0.3) is 27.6 Å². The highest BCUT2D eigenvalue weighted by Crippen LogP contribution is 2.33. The molecule has 5 heteroatoms. The fourth-order valence-electron chi connectivity index (χ4n) is 3.94. The van der Waals surface area contributed by atoms with Gasteiger partial charge in [0, 0.05) is 35.0 Å². The SMILES string of the molecule is CCc1ccc(C)c(-c2cc3cnc(NC(=O)C4CC4)cc3c(C3=CCNC=C3)n2)c1. The number of pyridine rings is 2. The molecule has 0 atom stereocenters. The third kappa shape index (κ3) is 3.96. The van der Waals surface area contributed by atoms with Gasteiger partial charge in [-0.25, -0.2) is 9.97 Å². The molecule has 0 saturated heterocycles. The number of fused-ring (bicyclic) bond motifs is 1. The van der Waals surface area contributed by atoms with E-state index in [-0.39, 0.29) is 11.8 Å². The number of aryl methyl sites for hydroxylation is 2. The number of dihydropyridines is 1. The molecule has 5 rings (SSSR count). The Kier molecular flexibility index (Phi) is 5.02. The van der Waals surface area contributed by atoms with Crippen LogP contribution >= 0.6 is 0 Å². The van der Waals surface area contributed by atoms with Gasteiger partial charge in [-0.05, 0) is 73.4 Å². The summed E-state index contributed by atoms with van der Waals surface area (Å²) in [6, 6.07) is 10.6. The lowest BCUT2D eigenvalue weighted by molar-refractivity contribution is -0.117. The number of allylic oxidation sites excluding steroid dienone is 2. The Hall–Kier alpha value is -3.47. The number of hydrogen-bond acceptors (Lipinski definition) is 4. The molecule has 1 amide bonds.